The zero-order valence-corrected chi connectivity index (χ0v) is 9.21. The van der Waals surface area contributed by atoms with Crippen LogP contribution in [0.2, 0.25) is 0 Å². The van der Waals surface area contributed by atoms with Gasteiger partial charge in [0.2, 0.25) is 5.76 Å². The molecular formula is C12H11NO4. The van der Waals surface area contributed by atoms with E-state index >= 15 is 0 Å². The van der Waals surface area contributed by atoms with Crippen molar-refractivity contribution in [3.8, 4) is 17.1 Å². The van der Waals surface area contributed by atoms with Gasteiger partial charge in [0.15, 0.2) is 0 Å². The third-order valence-electron chi connectivity index (χ3n) is 2.13. The summed E-state index contributed by atoms with van der Waals surface area (Å²) in [5.74, 6) is -0.110. The van der Waals surface area contributed by atoms with Gasteiger partial charge in [-0.2, -0.15) is 0 Å². The number of carboxylic acids is 1. The van der Waals surface area contributed by atoms with Crippen molar-refractivity contribution in [2.75, 3.05) is 6.61 Å². The van der Waals surface area contributed by atoms with Gasteiger partial charge in [0.1, 0.15) is 11.5 Å². The lowest BCUT2D eigenvalue weighted by molar-refractivity contribution is 0.0663. The molecule has 2 aromatic rings. The summed E-state index contributed by atoms with van der Waals surface area (Å²) in [4.78, 5) is 14.7. The van der Waals surface area contributed by atoms with Crippen molar-refractivity contribution in [1.82, 2.24) is 4.98 Å². The molecule has 0 radical (unpaired) electrons. The van der Waals surface area contributed by atoms with Gasteiger partial charge in [0.05, 0.1) is 12.8 Å². The molecule has 0 saturated heterocycles. The van der Waals surface area contributed by atoms with E-state index in [1.54, 1.807) is 24.5 Å². The molecule has 0 atom stereocenters. The monoisotopic (exact) mass is 233 g/mol. The van der Waals surface area contributed by atoms with Crippen LogP contribution in [0.25, 0.3) is 11.3 Å². The average molecular weight is 233 g/mol. The number of furan rings is 1. The first-order valence-corrected chi connectivity index (χ1v) is 5.12. The predicted octanol–water partition coefficient (Wildman–Crippen LogP) is 2.44. The Morgan fingerprint density at radius 2 is 2.29 bits per heavy atom. The van der Waals surface area contributed by atoms with E-state index in [0.717, 1.165) is 0 Å². The minimum atomic E-state index is -1.09. The third kappa shape index (κ3) is 2.44. The molecule has 0 aliphatic rings. The molecule has 17 heavy (non-hydrogen) atoms. The molecule has 0 spiro atoms. The van der Waals surface area contributed by atoms with Gasteiger partial charge in [-0.25, -0.2) is 4.79 Å². The number of hydrogen-bond donors (Lipinski definition) is 1. The number of hydrogen-bond acceptors (Lipinski definition) is 4. The van der Waals surface area contributed by atoms with E-state index in [1.807, 2.05) is 6.92 Å². The second kappa shape index (κ2) is 4.69. The van der Waals surface area contributed by atoms with E-state index in [0.29, 0.717) is 23.7 Å². The molecule has 0 aliphatic heterocycles. The highest BCUT2D eigenvalue weighted by Crippen LogP contribution is 2.24. The number of nitrogens with zero attached hydrogens (tertiary/aromatic N) is 1. The van der Waals surface area contributed by atoms with Crippen molar-refractivity contribution >= 4 is 5.97 Å². The Kier molecular flexibility index (Phi) is 3.09. The minimum absolute atomic E-state index is 0.0955. The van der Waals surface area contributed by atoms with Crippen LogP contribution in [0.15, 0.2) is 35.0 Å². The number of carboxylic acid groups (broad SMARTS) is 1. The second-order valence-corrected chi connectivity index (χ2v) is 3.31. The molecular weight excluding hydrogens is 222 g/mol. The third-order valence-corrected chi connectivity index (χ3v) is 2.13. The quantitative estimate of drug-likeness (QED) is 0.877. The van der Waals surface area contributed by atoms with E-state index < -0.39 is 5.97 Å². The summed E-state index contributed by atoms with van der Waals surface area (Å²) in [6.45, 7) is 2.42. The highest BCUT2D eigenvalue weighted by molar-refractivity contribution is 5.85. The van der Waals surface area contributed by atoms with Gasteiger partial charge < -0.3 is 14.3 Å². The average Bonchev–Trinajstić information content (AvgIpc) is 2.79. The summed E-state index contributed by atoms with van der Waals surface area (Å²) in [6.07, 6.45) is 3.18. The summed E-state index contributed by atoms with van der Waals surface area (Å²) in [5.41, 5.74) is 0.684. The van der Waals surface area contributed by atoms with Gasteiger partial charge in [-0.3, -0.25) is 4.98 Å². The highest BCUT2D eigenvalue weighted by atomic mass is 16.5. The maximum absolute atomic E-state index is 10.7. The number of rotatable bonds is 4. The summed E-state index contributed by atoms with van der Waals surface area (Å²) in [7, 11) is 0. The molecule has 0 aliphatic carbocycles. The topological polar surface area (TPSA) is 72.6 Å². The number of ether oxygens (including phenoxy) is 1. The summed E-state index contributed by atoms with van der Waals surface area (Å²) >= 11 is 0. The smallest absolute Gasteiger partial charge is 0.371 e. The van der Waals surface area contributed by atoms with Crippen molar-refractivity contribution in [3.63, 3.8) is 0 Å². The lowest BCUT2D eigenvalue weighted by Crippen LogP contribution is -1.92. The number of aromatic nitrogens is 1. The van der Waals surface area contributed by atoms with Crippen LogP contribution in [-0.4, -0.2) is 22.7 Å². The molecule has 2 aromatic heterocycles. The van der Waals surface area contributed by atoms with E-state index in [9.17, 15) is 4.79 Å². The van der Waals surface area contributed by atoms with Gasteiger partial charge in [0.25, 0.3) is 0 Å². The molecule has 0 unspecified atom stereocenters. The fourth-order valence-corrected chi connectivity index (χ4v) is 1.41. The van der Waals surface area contributed by atoms with E-state index in [4.69, 9.17) is 14.3 Å². The Morgan fingerprint density at radius 3 is 2.94 bits per heavy atom. The van der Waals surface area contributed by atoms with Gasteiger partial charge in [-0.05, 0) is 25.1 Å². The van der Waals surface area contributed by atoms with E-state index in [-0.39, 0.29) is 5.76 Å². The molecule has 0 bridgehead atoms. The number of carbonyl (C=O) groups is 1. The van der Waals surface area contributed by atoms with Crippen molar-refractivity contribution in [2.45, 2.75) is 6.92 Å². The standard InChI is InChI=1S/C12H11NO4/c1-2-16-9-5-8(6-13-7-9)10-3-4-11(17-10)12(14)15/h3-7H,2H2,1H3,(H,14,15). The number of aromatic carboxylic acids is 1. The molecule has 88 valence electrons. The molecule has 5 heteroatoms. The molecule has 1 N–H and O–H groups in total. The predicted molar refractivity (Wildman–Crippen MR) is 60.1 cm³/mol. The first-order chi connectivity index (χ1) is 8.20. The molecule has 0 amide bonds. The van der Waals surface area contributed by atoms with E-state index in [1.165, 1.54) is 6.07 Å². The Hall–Kier alpha value is -2.30. The maximum Gasteiger partial charge on any atom is 0.371 e. The van der Waals surface area contributed by atoms with Gasteiger partial charge in [-0.15, -0.1) is 0 Å². The maximum atomic E-state index is 10.7. The fraction of sp³-hybridized carbons (Fsp3) is 0.167. The Bertz CT molecular complexity index is 533. The van der Waals surface area contributed by atoms with Crippen LogP contribution in [0.3, 0.4) is 0 Å². The van der Waals surface area contributed by atoms with Crippen molar-refractivity contribution in [3.05, 3.63) is 36.4 Å². The SMILES string of the molecule is CCOc1cncc(-c2ccc(C(=O)O)o2)c1. The molecule has 0 fully saturated rings. The van der Waals surface area contributed by atoms with Gasteiger partial charge in [0, 0.05) is 11.8 Å². The van der Waals surface area contributed by atoms with Crippen LogP contribution in [0.4, 0.5) is 0 Å². The Morgan fingerprint density at radius 1 is 1.47 bits per heavy atom. The zero-order valence-electron chi connectivity index (χ0n) is 9.21. The molecule has 2 rings (SSSR count). The van der Waals surface area contributed by atoms with Crippen LogP contribution >= 0.6 is 0 Å². The normalized spacial score (nSPS) is 10.2. The van der Waals surface area contributed by atoms with Crippen molar-refractivity contribution < 1.29 is 19.1 Å². The van der Waals surface area contributed by atoms with Crippen LogP contribution in [0, 0.1) is 0 Å². The van der Waals surface area contributed by atoms with Gasteiger partial charge in [-0.1, -0.05) is 0 Å². The Labute approximate surface area is 97.7 Å². The van der Waals surface area contributed by atoms with Crippen LogP contribution < -0.4 is 4.74 Å². The first kappa shape index (κ1) is 11.2. The molecule has 2 heterocycles. The molecule has 0 saturated carbocycles. The van der Waals surface area contributed by atoms with Gasteiger partial charge >= 0.3 is 5.97 Å². The van der Waals surface area contributed by atoms with Crippen LogP contribution in [-0.2, 0) is 0 Å². The second-order valence-electron chi connectivity index (χ2n) is 3.31. The zero-order chi connectivity index (χ0) is 12.3. The Balaban J connectivity index is 2.31. The largest absolute Gasteiger partial charge is 0.492 e. The highest BCUT2D eigenvalue weighted by Gasteiger charge is 2.11. The van der Waals surface area contributed by atoms with E-state index in [2.05, 4.69) is 4.98 Å². The lowest BCUT2D eigenvalue weighted by atomic mass is 10.2. The van der Waals surface area contributed by atoms with Crippen molar-refractivity contribution in [2.24, 2.45) is 0 Å². The van der Waals surface area contributed by atoms with Crippen LogP contribution in [0.5, 0.6) is 5.75 Å². The summed E-state index contributed by atoms with van der Waals surface area (Å²) in [5, 5.41) is 8.75. The fourth-order valence-electron chi connectivity index (χ4n) is 1.41. The summed E-state index contributed by atoms with van der Waals surface area (Å²) in [6, 6.07) is 4.75. The first-order valence-electron chi connectivity index (χ1n) is 5.12. The van der Waals surface area contributed by atoms with Crippen molar-refractivity contribution in [1.29, 1.82) is 0 Å². The lowest BCUT2D eigenvalue weighted by Gasteiger charge is -2.03. The molecule has 0 aromatic carbocycles. The van der Waals surface area contributed by atoms with Crippen LogP contribution in [0.1, 0.15) is 17.5 Å². The number of pyridine rings is 1. The molecule has 5 nitrogen and oxygen atoms in total. The summed E-state index contributed by atoms with van der Waals surface area (Å²) < 4.78 is 10.5. The minimum Gasteiger partial charge on any atom is -0.492 e.